The van der Waals surface area contributed by atoms with E-state index in [1.807, 2.05) is 0 Å². The zero-order valence-electron chi connectivity index (χ0n) is 10.4. The molecule has 0 aliphatic rings. The number of H-pyrrole nitrogens is 1. The predicted octanol–water partition coefficient (Wildman–Crippen LogP) is 0.367. The van der Waals surface area contributed by atoms with E-state index in [1.165, 1.54) is 6.20 Å². The van der Waals surface area contributed by atoms with E-state index in [1.54, 1.807) is 31.6 Å². The zero-order chi connectivity index (χ0) is 13.7. The second-order valence-electron chi connectivity index (χ2n) is 3.79. The summed E-state index contributed by atoms with van der Waals surface area (Å²) >= 11 is 0. The highest BCUT2D eigenvalue weighted by atomic mass is 32.2. The monoisotopic (exact) mass is 281 g/mol. The lowest BCUT2D eigenvalue weighted by Gasteiger charge is -2.09. The molecule has 19 heavy (non-hydrogen) atoms. The van der Waals surface area contributed by atoms with Crippen LogP contribution in [0.15, 0.2) is 35.7 Å². The molecule has 7 nitrogen and oxygen atoms in total. The quantitative estimate of drug-likeness (QED) is 0.710. The van der Waals surface area contributed by atoms with Crippen LogP contribution in [0.3, 0.4) is 0 Å². The number of aromatic amines is 1. The standard InChI is InChI=1S/C11H15N5O2S/c1-12-9-3-2-5-15-11(9)19(17,18)16-6-4-10-13-7-8-14-10/h2-3,5,7-8,12,16H,4,6H2,1H3,(H,13,14). The molecule has 0 spiro atoms. The first-order valence-corrected chi connectivity index (χ1v) is 7.22. The maximum Gasteiger partial charge on any atom is 0.260 e. The van der Waals surface area contributed by atoms with Crippen molar-refractivity contribution < 1.29 is 8.42 Å². The number of sulfonamides is 1. The Bertz CT molecular complexity index is 624. The predicted molar refractivity (Wildman–Crippen MR) is 71.3 cm³/mol. The van der Waals surface area contributed by atoms with Crippen LogP contribution in [0.25, 0.3) is 0 Å². The van der Waals surface area contributed by atoms with Crippen molar-refractivity contribution in [2.45, 2.75) is 11.4 Å². The van der Waals surface area contributed by atoms with Gasteiger partial charge in [-0.2, -0.15) is 0 Å². The lowest BCUT2D eigenvalue weighted by molar-refractivity contribution is 0.577. The van der Waals surface area contributed by atoms with Crippen molar-refractivity contribution in [1.29, 1.82) is 0 Å². The van der Waals surface area contributed by atoms with Gasteiger partial charge in [-0.3, -0.25) is 0 Å². The van der Waals surface area contributed by atoms with E-state index in [0.29, 0.717) is 12.1 Å². The summed E-state index contributed by atoms with van der Waals surface area (Å²) in [4.78, 5) is 10.8. The highest BCUT2D eigenvalue weighted by Crippen LogP contribution is 2.16. The van der Waals surface area contributed by atoms with E-state index in [4.69, 9.17) is 0 Å². The van der Waals surface area contributed by atoms with Gasteiger partial charge in [0.05, 0.1) is 5.69 Å². The van der Waals surface area contributed by atoms with Crippen molar-refractivity contribution in [3.63, 3.8) is 0 Å². The van der Waals surface area contributed by atoms with E-state index in [0.717, 1.165) is 5.82 Å². The molecule has 0 aliphatic heterocycles. The number of aromatic nitrogens is 3. The zero-order valence-corrected chi connectivity index (χ0v) is 11.2. The first kappa shape index (κ1) is 13.5. The molecule has 0 amide bonds. The molecule has 0 saturated heterocycles. The second-order valence-corrected chi connectivity index (χ2v) is 5.47. The maximum atomic E-state index is 12.1. The van der Waals surface area contributed by atoms with Crippen LogP contribution >= 0.6 is 0 Å². The number of anilines is 1. The third kappa shape index (κ3) is 3.30. The highest BCUT2D eigenvalue weighted by Gasteiger charge is 2.18. The molecule has 8 heteroatoms. The number of nitrogens with zero attached hydrogens (tertiary/aromatic N) is 2. The fourth-order valence-corrected chi connectivity index (χ4v) is 2.77. The molecule has 0 aliphatic carbocycles. The number of imidazole rings is 1. The third-order valence-electron chi connectivity index (χ3n) is 2.50. The largest absolute Gasteiger partial charge is 0.386 e. The lowest BCUT2D eigenvalue weighted by Crippen LogP contribution is -2.27. The molecule has 2 rings (SSSR count). The van der Waals surface area contributed by atoms with Gasteiger partial charge in [-0.25, -0.2) is 23.1 Å². The van der Waals surface area contributed by atoms with Crippen molar-refractivity contribution in [2.24, 2.45) is 0 Å². The molecule has 0 fully saturated rings. The van der Waals surface area contributed by atoms with Gasteiger partial charge in [0.1, 0.15) is 5.82 Å². The lowest BCUT2D eigenvalue weighted by atomic mass is 10.4. The van der Waals surface area contributed by atoms with Gasteiger partial charge in [0.15, 0.2) is 5.03 Å². The Morgan fingerprint density at radius 2 is 2.16 bits per heavy atom. The van der Waals surface area contributed by atoms with Gasteiger partial charge in [0, 0.05) is 38.6 Å². The van der Waals surface area contributed by atoms with E-state index in [-0.39, 0.29) is 11.6 Å². The molecule has 0 radical (unpaired) electrons. The summed E-state index contributed by atoms with van der Waals surface area (Å²) in [6.45, 7) is 0.259. The van der Waals surface area contributed by atoms with Crippen LogP contribution in [0.4, 0.5) is 5.69 Å². The Balaban J connectivity index is 2.05. The van der Waals surface area contributed by atoms with Crippen molar-refractivity contribution >= 4 is 15.7 Å². The van der Waals surface area contributed by atoms with Gasteiger partial charge in [0.25, 0.3) is 10.0 Å². The van der Waals surface area contributed by atoms with Crippen LogP contribution in [-0.4, -0.2) is 37.0 Å². The van der Waals surface area contributed by atoms with Crippen LogP contribution in [-0.2, 0) is 16.4 Å². The molecule has 102 valence electrons. The molecule has 0 unspecified atom stereocenters. The minimum absolute atomic E-state index is 0.00283. The van der Waals surface area contributed by atoms with Crippen LogP contribution in [0.2, 0.25) is 0 Å². The molecule has 0 saturated carbocycles. The summed E-state index contributed by atoms with van der Waals surface area (Å²) in [6.07, 6.45) is 5.26. The normalized spacial score (nSPS) is 11.4. The average molecular weight is 281 g/mol. The summed E-state index contributed by atoms with van der Waals surface area (Å²) in [5, 5.41) is 2.80. The van der Waals surface area contributed by atoms with Gasteiger partial charge in [-0.05, 0) is 12.1 Å². The SMILES string of the molecule is CNc1cccnc1S(=O)(=O)NCCc1ncc[nH]1. The number of hydrogen-bond acceptors (Lipinski definition) is 5. The summed E-state index contributed by atoms with van der Waals surface area (Å²) in [5.41, 5.74) is 0.466. The first-order chi connectivity index (χ1) is 9.13. The van der Waals surface area contributed by atoms with E-state index < -0.39 is 10.0 Å². The molecule has 0 bridgehead atoms. The summed E-state index contributed by atoms with van der Waals surface area (Å²) in [7, 11) is -1.97. The number of rotatable bonds is 6. The van der Waals surface area contributed by atoms with E-state index in [9.17, 15) is 8.42 Å². The number of pyridine rings is 1. The molecule has 2 aromatic rings. The Labute approximate surface area is 111 Å². The van der Waals surface area contributed by atoms with Crippen molar-refractivity contribution in [1.82, 2.24) is 19.7 Å². The molecule has 0 aromatic carbocycles. The van der Waals surface area contributed by atoms with Crippen LogP contribution in [0.1, 0.15) is 5.82 Å². The van der Waals surface area contributed by atoms with Gasteiger partial charge >= 0.3 is 0 Å². The Morgan fingerprint density at radius 1 is 1.32 bits per heavy atom. The van der Waals surface area contributed by atoms with Crippen LogP contribution < -0.4 is 10.0 Å². The molecule has 3 N–H and O–H groups in total. The summed E-state index contributed by atoms with van der Waals surface area (Å²) < 4.78 is 26.7. The third-order valence-corrected chi connectivity index (χ3v) is 3.92. The Hall–Kier alpha value is -1.93. The minimum atomic E-state index is -3.62. The minimum Gasteiger partial charge on any atom is -0.386 e. The number of hydrogen-bond donors (Lipinski definition) is 3. The van der Waals surface area contributed by atoms with Gasteiger partial charge in [-0.1, -0.05) is 0 Å². The van der Waals surface area contributed by atoms with Crippen molar-refractivity contribution in [3.8, 4) is 0 Å². The van der Waals surface area contributed by atoms with Gasteiger partial charge in [0.2, 0.25) is 0 Å². The smallest absolute Gasteiger partial charge is 0.260 e. The van der Waals surface area contributed by atoms with Gasteiger partial charge < -0.3 is 10.3 Å². The maximum absolute atomic E-state index is 12.1. The van der Waals surface area contributed by atoms with Crippen LogP contribution in [0, 0.1) is 0 Å². The highest BCUT2D eigenvalue weighted by molar-refractivity contribution is 7.89. The van der Waals surface area contributed by atoms with Crippen molar-refractivity contribution in [3.05, 3.63) is 36.5 Å². The molecular weight excluding hydrogens is 266 g/mol. The Kier molecular flexibility index (Phi) is 4.13. The van der Waals surface area contributed by atoms with Gasteiger partial charge in [-0.15, -0.1) is 0 Å². The fourth-order valence-electron chi connectivity index (χ4n) is 1.60. The first-order valence-electron chi connectivity index (χ1n) is 5.74. The van der Waals surface area contributed by atoms with Crippen LogP contribution in [0.5, 0.6) is 0 Å². The average Bonchev–Trinajstić information content (AvgIpc) is 2.91. The second kappa shape index (κ2) is 5.81. The molecular formula is C11H15N5O2S. The molecule has 0 atom stereocenters. The molecule has 2 aromatic heterocycles. The summed E-state index contributed by atoms with van der Waals surface area (Å²) in [6, 6.07) is 3.34. The summed E-state index contributed by atoms with van der Waals surface area (Å²) in [5.74, 6) is 0.734. The topological polar surface area (TPSA) is 99.8 Å². The molecule has 2 heterocycles. The van der Waals surface area contributed by atoms with Crippen molar-refractivity contribution in [2.75, 3.05) is 18.9 Å². The fraction of sp³-hybridized carbons (Fsp3) is 0.273. The Morgan fingerprint density at radius 3 is 2.84 bits per heavy atom. The van der Waals surface area contributed by atoms with E-state index >= 15 is 0 Å². The number of nitrogens with one attached hydrogen (secondary N) is 3. The van der Waals surface area contributed by atoms with E-state index in [2.05, 4.69) is 25.0 Å².